The largest absolute Gasteiger partial charge is 0.432 e. The Kier molecular flexibility index (Phi) is 3.47. The van der Waals surface area contributed by atoms with Crippen LogP contribution in [0, 0.1) is 12.3 Å². The summed E-state index contributed by atoms with van der Waals surface area (Å²) in [4.78, 5) is 6.33. The number of aromatic nitrogens is 1. The van der Waals surface area contributed by atoms with Crippen molar-refractivity contribution in [2.75, 3.05) is 18.0 Å². The van der Waals surface area contributed by atoms with E-state index < -0.39 is 0 Å². The molecule has 2 rings (SSSR count). The van der Waals surface area contributed by atoms with Crippen LogP contribution < -0.4 is 10.2 Å². The number of nitrogens with one attached hydrogen (secondary N) is 1. The maximum atomic E-state index is 5.40. The Bertz CT molecular complexity index is 376. The fraction of sp³-hybridized carbons (Fsp3) is 0.583. The topological polar surface area (TPSA) is 41.3 Å². The van der Waals surface area contributed by atoms with Gasteiger partial charge in [-0.15, -0.1) is 6.42 Å². The van der Waals surface area contributed by atoms with Gasteiger partial charge in [0.05, 0.1) is 12.2 Å². The number of nitrogens with zero attached hydrogens (tertiary/aromatic N) is 2. The molecule has 16 heavy (non-hydrogen) atoms. The summed E-state index contributed by atoms with van der Waals surface area (Å²) in [6, 6.07) is 1.31. The predicted octanol–water partition coefficient (Wildman–Crippen LogP) is 1.39. The van der Waals surface area contributed by atoms with Crippen molar-refractivity contribution in [2.45, 2.75) is 32.4 Å². The van der Waals surface area contributed by atoms with Crippen molar-refractivity contribution < 1.29 is 4.42 Å². The highest BCUT2D eigenvalue weighted by Gasteiger charge is 2.20. The molecule has 1 N–H and O–H groups in total. The minimum atomic E-state index is 0.534. The van der Waals surface area contributed by atoms with Gasteiger partial charge in [-0.1, -0.05) is 5.92 Å². The van der Waals surface area contributed by atoms with Crippen molar-refractivity contribution in [3.8, 4) is 12.3 Å². The van der Waals surface area contributed by atoms with Crippen LogP contribution in [0.25, 0.3) is 0 Å². The van der Waals surface area contributed by atoms with Gasteiger partial charge in [0, 0.05) is 19.1 Å². The molecule has 0 unspecified atom stereocenters. The third kappa shape index (κ3) is 2.77. The van der Waals surface area contributed by atoms with E-state index in [4.69, 9.17) is 10.8 Å². The Labute approximate surface area is 96.0 Å². The van der Waals surface area contributed by atoms with Crippen molar-refractivity contribution in [3.63, 3.8) is 0 Å². The predicted molar refractivity (Wildman–Crippen MR) is 63.1 cm³/mol. The second-order valence-corrected chi connectivity index (χ2v) is 3.99. The van der Waals surface area contributed by atoms with Crippen molar-refractivity contribution in [1.82, 2.24) is 10.3 Å². The molecule has 0 spiro atoms. The number of terminal acetylenes is 1. The van der Waals surface area contributed by atoms with E-state index in [1.165, 1.54) is 12.8 Å². The van der Waals surface area contributed by atoms with Gasteiger partial charge in [0.15, 0.2) is 0 Å². The molecular weight excluding hydrogens is 202 g/mol. The summed E-state index contributed by atoms with van der Waals surface area (Å²) in [6.07, 6.45) is 9.54. The number of rotatable bonds is 6. The fourth-order valence-corrected chi connectivity index (χ4v) is 1.48. The van der Waals surface area contributed by atoms with E-state index in [0.29, 0.717) is 18.6 Å². The van der Waals surface area contributed by atoms with Gasteiger partial charge >= 0.3 is 0 Å². The molecule has 0 saturated heterocycles. The molecule has 4 nitrogen and oxygen atoms in total. The summed E-state index contributed by atoms with van der Waals surface area (Å²) in [5.74, 6) is 2.60. The first-order valence-corrected chi connectivity index (χ1v) is 5.69. The van der Waals surface area contributed by atoms with Gasteiger partial charge in [0.25, 0.3) is 6.01 Å². The molecule has 0 bridgehead atoms. The van der Waals surface area contributed by atoms with Gasteiger partial charge in [0.1, 0.15) is 6.26 Å². The lowest BCUT2D eigenvalue weighted by Gasteiger charge is -2.14. The van der Waals surface area contributed by atoms with Crippen molar-refractivity contribution >= 4 is 6.01 Å². The van der Waals surface area contributed by atoms with E-state index in [0.717, 1.165) is 18.8 Å². The zero-order valence-corrected chi connectivity index (χ0v) is 9.57. The van der Waals surface area contributed by atoms with E-state index in [-0.39, 0.29) is 0 Å². The number of anilines is 1. The maximum absolute atomic E-state index is 5.40. The molecule has 1 saturated carbocycles. The highest BCUT2D eigenvalue weighted by molar-refractivity contribution is 5.29. The molecule has 0 amide bonds. The average molecular weight is 219 g/mol. The molecule has 1 aromatic heterocycles. The van der Waals surface area contributed by atoms with Crippen LogP contribution in [0.1, 0.15) is 25.5 Å². The fourth-order valence-electron chi connectivity index (χ4n) is 1.48. The quantitative estimate of drug-likeness (QED) is 0.734. The number of hydrogen-bond acceptors (Lipinski definition) is 4. The van der Waals surface area contributed by atoms with Gasteiger partial charge < -0.3 is 14.6 Å². The zero-order chi connectivity index (χ0) is 11.4. The smallest absolute Gasteiger partial charge is 0.298 e. The second kappa shape index (κ2) is 5.04. The molecule has 0 atom stereocenters. The number of hydrogen-bond donors (Lipinski definition) is 1. The van der Waals surface area contributed by atoms with Crippen LogP contribution >= 0.6 is 0 Å². The summed E-state index contributed by atoms with van der Waals surface area (Å²) in [5, 5.41) is 3.39. The summed E-state index contributed by atoms with van der Waals surface area (Å²) < 4.78 is 5.40. The Morgan fingerprint density at radius 1 is 1.69 bits per heavy atom. The van der Waals surface area contributed by atoms with Crippen LogP contribution in [-0.2, 0) is 6.54 Å². The second-order valence-electron chi connectivity index (χ2n) is 3.99. The number of oxazole rings is 1. The molecule has 0 radical (unpaired) electrons. The third-order valence-electron chi connectivity index (χ3n) is 2.62. The van der Waals surface area contributed by atoms with E-state index in [9.17, 15) is 0 Å². The summed E-state index contributed by atoms with van der Waals surface area (Å²) in [5.41, 5.74) is 0.942. The summed E-state index contributed by atoms with van der Waals surface area (Å²) >= 11 is 0. The van der Waals surface area contributed by atoms with Gasteiger partial charge in [-0.2, -0.15) is 4.98 Å². The third-order valence-corrected chi connectivity index (χ3v) is 2.62. The van der Waals surface area contributed by atoms with Crippen LogP contribution in [0.5, 0.6) is 0 Å². The molecule has 0 aliphatic heterocycles. The highest BCUT2D eigenvalue weighted by atomic mass is 16.4. The molecule has 1 aliphatic rings. The maximum Gasteiger partial charge on any atom is 0.298 e. The van der Waals surface area contributed by atoms with Crippen LogP contribution in [0.15, 0.2) is 10.7 Å². The molecule has 0 aromatic carbocycles. The van der Waals surface area contributed by atoms with Crippen molar-refractivity contribution in [2.24, 2.45) is 0 Å². The standard InChI is InChI=1S/C12H17N3O/c1-3-7-15(4-2)12-14-11(9-16-12)8-13-10-5-6-10/h1,9-10,13H,4-8H2,2H3. The molecule has 1 aliphatic carbocycles. The van der Waals surface area contributed by atoms with Crippen LogP contribution in [0.4, 0.5) is 6.01 Å². The van der Waals surface area contributed by atoms with Crippen LogP contribution in [0.3, 0.4) is 0 Å². The SMILES string of the molecule is C#CCN(CC)c1nc(CNC2CC2)co1. The molecule has 1 heterocycles. The minimum Gasteiger partial charge on any atom is -0.432 e. The molecular formula is C12H17N3O. The van der Waals surface area contributed by atoms with Gasteiger partial charge in [-0.25, -0.2) is 0 Å². The van der Waals surface area contributed by atoms with Crippen LogP contribution in [0.2, 0.25) is 0 Å². The molecule has 1 fully saturated rings. The Morgan fingerprint density at radius 2 is 2.50 bits per heavy atom. The van der Waals surface area contributed by atoms with E-state index in [2.05, 4.69) is 16.2 Å². The first-order valence-electron chi connectivity index (χ1n) is 5.69. The molecule has 1 aromatic rings. The van der Waals surface area contributed by atoms with Gasteiger partial charge in [0.2, 0.25) is 0 Å². The molecule has 86 valence electrons. The van der Waals surface area contributed by atoms with Gasteiger partial charge in [-0.3, -0.25) is 0 Å². The van der Waals surface area contributed by atoms with Crippen LogP contribution in [-0.4, -0.2) is 24.1 Å². The van der Waals surface area contributed by atoms with E-state index in [1.54, 1.807) is 6.26 Å². The van der Waals surface area contributed by atoms with E-state index >= 15 is 0 Å². The van der Waals surface area contributed by atoms with Crippen molar-refractivity contribution in [1.29, 1.82) is 0 Å². The summed E-state index contributed by atoms with van der Waals surface area (Å²) in [6.45, 7) is 4.15. The van der Waals surface area contributed by atoms with Gasteiger partial charge in [-0.05, 0) is 19.8 Å². The Balaban J connectivity index is 1.91. The normalized spacial score (nSPS) is 14.8. The lowest BCUT2D eigenvalue weighted by Crippen LogP contribution is -2.23. The lowest BCUT2D eigenvalue weighted by atomic mass is 10.4. The monoisotopic (exact) mass is 219 g/mol. The highest BCUT2D eigenvalue weighted by Crippen LogP contribution is 2.20. The van der Waals surface area contributed by atoms with E-state index in [1.807, 2.05) is 11.8 Å². The Morgan fingerprint density at radius 3 is 3.12 bits per heavy atom. The average Bonchev–Trinajstić information content (AvgIpc) is 3.02. The van der Waals surface area contributed by atoms with Crippen molar-refractivity contribution in [3.05, 3.63) is 12.0 Å². The molecule has 4 heteroatoms. The first-order chi connectivity index (χ1) is 7.83. The Hall–Kier alpha value is -1.47. The lowest BCUT2D eigenvalue weighted by molar-refractivity contribution is 0.542. The minimum absolute atomic E-state index is 0.534. The summed E-state index contributed by atoms with van der Waals surface area (Å²) in [7, 11) is 0. The first kappa shape index (κ1) is 11.0. The zero-order valence-electron chi connectivity index (χ0n) is 9.57.